The van der Waals surface area contributed by atoms with Gasteiger partial charge in [0.25, 0.3) is 0 Å². The van der Waals surface area contributed by atoms with Crippen LogP contribution in [0.5, 0.6) is 0 Å². The highest BCUT2D eigenvalue weighted by Crippen LogP contribution is 2.27. The van der Waals surface area contributed by atoms with Gasteiger partial charge in [-0.15, -0.1) is 10.2 Å². The molecule has 2 aromatic carbocycles. The average Bonchev–Trinajstić information content (AvgIpc) is 3.13. The van der Waals surface area contributed by atoms with Gasteiger partial charge in [0.2, 0.25) is 5.91 Å². The molecule has 7 nitrogen and oxygen atoms in total. The number of carbonyl (C=O) groups excluding carboxylic acids is 1. The Balaban J connectivity index is 1.51. The standard InChI is InChI=1S/C21H22N4O3S/c1-15-13-24(20(26)12-16-8-10-18(11-9-16)29(2,27)28)14-19-22-23-21(25(15)19)17-6-4-3-5-7-17/h3-11,15H,12-14H2,1-2H3/t15-/m0/s1. The van der Waals surface area contributed by atoms with Gasteiger partial charge in [-0.2, -0.15) is 0 Å². The van der Waals surface area contributed by atoms with Crippen molar-refractivity contribution in [3.05, 3.63) is 66.0 Å². The molecule has 1 atom stereocenters. The van der Waals surface area contributed by atoms with Gasteiger partial charge in [0.05, 0.1) is 23.9 Å². The van der Waals surface area contributed by atoms with E-state index in [0.29, 0.717) is 13.1 Å². The Morgan fingerprint density at radius 1 is 1.07 bits per heavy atom. The minimum absolute atomic E-state index is 0.0144. The number of hydrogen-bond acceptors (Lipinski definition) is 5. The van der Waals surface area contributed by atoms with E-state index in [1.165, 1.54) is 6.26 Å². The van der Waals surface area contributed by atoms with E-state index in [2.05, 4.69) is 21.7 Å². The van der Waals surface area contributed by atoms with Crippen LogP contribution in [0.1, 0.15) is 24.4 Å². The Labute approximate surface area is 169 Å². The lowest BCUT2D eigenvalue weighted by Gasteiger charge is -2.32. The summed E-state index contributed by atoms with van der Waals surface area (Å²) in [6.45, 7) is 3.04. The largest absolute Gasteiger partial charge is 0.333 e. The summed E-state index contributed by atoms with van der Waals surface area (Å²) in [5.41, 5.74) is 1.79. The van der Waals surface area contributed by atoms with Crippen LogP contribution < -0.4 is 0 Å². The summed E-state index contributed by atoms with van der Waals surface area (Å²) in [6, 6.07) is 16.4. The number of sulfone groups is 1. The topological polar surface area (TPSA) is 85.2 Å². The fourth-order valence-corrected chi connectivity index (χ4v) is 4.28. The molecule has 3 aromatic rings. The first-order chi connectivity index (χ1) is 13.8. The van der Waals surface area contributed by atoms with Gasteiger partial charge in [-0.25, -0.2) is 8.42 Å². The van der Waals surface area contributed by atoms with Crippen LogP contribution in [0.2, 0.25) is 0 Å². The van der Waals surface area contributed by atoms with Crippen LogP contribution in [0.25, 0.3) is 11.4 Å². The quantitative estimate of drug-likeness (QED) is 0.660. The molecule has 0 bridgehead atoms. The molecule has 0 saturated heterocycles. The number of carbonyl (C=O) groups is 1. The lowest BCUT2D eigenvalue weighted by molar-refractivity contribution is -0.132. The molecule has 1 aliphatic rings. The van der Waals surface area contributed by atoms with Crippen molar-refractivity contribution < 1.29 is 13.2 Å². The zero-order valence-electron chi connectivity index (χ0n) is 16.3. The number of nitrogens with zero attached hydrogens (tertiary/aromatic N) is 4. The number of amides is 1. The summed E-state index contributed by atoms with van der Waals surface area (Å²) in [5, 5.41) is 8.66. The Morgan fingerprint density at radius 2 is 1.76 bits per heavy atom. The van der Waals surface area contributed by atoms with Crippen LogP contribution in [0.4, 0.5) is 0 Å². The zero-order valence-corrected chi connectivity index (χ0v) is 17.1. The predicted octanol–water partition coefficient (Wildman–Crippen LogP) is 2.49. The maximum atomic E-state index is 12.8. The Morgan fingerprint density at radius 3 is 2.41 bits per heavy atom. The van der Waals surface area contributed by atoms with Gasteiger partial charge in [-0.3, -0.25) is 4.79 Å². The van der Waals surface area contributed by atoms with E-state index < -0.39 is 9.84 Å². The Kier molecular flexibility index (Phi) is 4.96. The maximum absolute atomic E-state index is 12.8. The Bertz CT molecular complexity index is 1140. The highest BCUT2D eigenvalue weighted by molar-refractivity contribution is 7.90. The van der Waals surface area contributed by atoms with E-state index in [4.69, 9.17) is 0 Å². The molecule has 1 amide bonds. The first-order valence-corrected chi connectivity index (χ1v) is 11.3. The van der Waals surface area contributed by atoms with Crippen molar-refractivity contribution >= 4 is 15.7 Å². The zero-order chi connectivity index (χ0) is 20.6. The summed E-state index contributed by atoms with van der Waals surface area (Å²) in [6.07, 6.45) is 1.39. The molecule has 0 aliphatic carbocycles. The third-order valence-corrected chi connectivity index (χ3v) is 6.24. The van der Waals surface area contributed by atoms with E-state index in [1.54, 1.807) is 29.2 Å². The summed E-state index contributed by atoms with van der Waals surface area (Å²) < 4.78 is 25.3. The lowest BCUT2D eigenvalue weighted by atomic mass is 10.1. The second-order valence-electron chi connectivity index (χ2n) is 7.39. The van der Waals surface area contributed by atoms with Crippen molar-refractivity contribution in [3.8, 4) is 11.4 Å². The maximum Gasteiger partial charge on any atom is 0.227 e. The summed E-state index contributed by atoms with van der Waals surface area (Å²) in [7, 11) is -3.24. The van der Waals surface area contributed by atoms with E-state index in [9.17, 15) is 13.2 Å². The third kappa shape index (κ3) is 3.93. The number of hydrogen-bond donors (Lipinski definition) is 0. The molecule has 0 radical (unpaired) electrons. The van der Waals surface area contributed by atoms with Gasteiger partial charge in [0.15, 0.2) is 21.5 Å². The molecular formula is C21H22N4O3S. The normalized spacial score (nSPS) is 16.5. The van der Waals surface area contributed by atoms with Crippen molar-refractivity contribution in [3.63, 3.8) is 0 Å². The lowest BCUT2D eigenvalue weighted by Crippen LogP contribution is -2.41. The van der Waals surface area contributed by atoms with Crippen LogP contribution in [-0.2, 0) is 27.6 Å². The van der Waals surface area contributed by atoms with E-state index in [-0.39, 0.29) is 23.3 Å². The fraction of sp³-hybridized carbons (Fsp3) is 0.286. The molecule has 29 heavy (non-hydrogen) atoms. The first kappa shape index (κ1) is 19.3. The number of benzene rings is 2. The van der Waals surface area contributed by atoms with Gasteiger partial charge in [0.1, 0.15) is 0 Å². The minimum atomic E-state index is -3.24. The van der Waals surface area contributed by atoms with Crippen molar-refractivity contribution in [2.24, 2.45) is 0 Å². The van der Waals surface area contributed by atoms with Gasteiger partial charge in [-0.05, 0) is 24.6 Å². The smallest absolute Gasteiger partial charge is 0.227 e. The predicted molar refractivity (Wildman–Crippen MR) is 109 cm³/mol. The SMILES string of the molecule is C[C@H]1CN(C(=O)Cc2ccc(S(C)(=O)=O)cc2)Cc2nnc(-c3ccccc3)n21. The molecule has 1 aromatic heterocycles. The van der Waals surface area contributed by atoms with Crippen molar-refractivity contribution in [2.45, 2.75) is 30.8 Å². The highest BCUT2D eigenvalue weighted by atomic mass is 32.2. The Hall–Kier alpha value is -3.00. The van der Waals surface area contributed by atoms with E-state index >= 15 is 0 Å². The minimum Gasteiger partial charge on any atom is -0.333 e. The molecule has 0 N–H and O–H groups in total. The van der Waals surface area contributed by atoms with E-state index in [0.717, 1.165) is 22.8 Å². The van der Waals surface area contributed by atoms with Crippen LogP contribution in [0.15, 0.2) is 59.5 Å². The molecule has 0 spiro atoms. The summed E-state index contributed by atoms with van der Waals surface area (Å²) in [4.78, 5) is 14.9. The molecule has 2 heterocycles. The molecule has 0 unspecified atom stereocenters. The number of fused-ring (bicyclic) bond motifs is 1. The van der Waals surface area contributed by atoms with Gasteiger partial charge in [-0.1, -0.05) is 42.5 Å². The van der Waals surface area contributed by atoms with Crippen LogP contribution in [0.3, 0.4) is 0 Å². The highest BCUT2D eigenvalue weighted by Gasteiger charge is 2.29. The van der Waals surface area contributed by atoms with Crippen molar-refractivity contribution in [1.29, 1.82) is 0 Å². The summed E-state index contributed by atoms with van der Waals surface area (Å²) in [5.74, 6) is 1.57. The van der Waals surface area contributed by atoms with Crippen molar-refractivity contribution in [2.75, 3.05) is 12.8 Å². The van der Waals surface area contributed by atoms with Crippen LogP contribution in [-0.4, -0.2) is 46.8 Å². The van der Waals surface area contributed by atoms with Crippen LogP contribution in [0, 0.1) is 0 Å². The summed E-state index contributed by atoms with van der Waals surface area (Å²) >= 11 is 0. The molecule has 0 fully saturated rings. The van der Waals surface area contributed by atoms with Crippen LogP contribution >= 0.6 is 0 Å². The fourth-order valence-electron chi connectivity index (χ4n) is 3.65. The molecule has 0 saturated carbocycles. The molecule has 150 valence electrons. The van der Waals surface area contributed by atoms with Gasteiger partial charge >= 0.3 is 0 Å². The number of aromatic nitrogens is 3. The van der Waals surface area contributed by atoms with Gasteiger partial charge < -0.3 is 9.47 Å². The second-order valence-corrected chi connectivity index (χ2v) is 9.41. The number of rotatable bonds is 4. The monoisotopic (exact) mass is 410 g/mol. The first-order valence-electron chi connectivity index (χ1n) is 9.39. The second kappa shape index (κ2) is 7.44. The average molecular weight is 410 g/mol. The molecular weight excluding hydrogens is 388 g/mol. The van der Waals surface area contributed by atoms with Crippen molar-refractivity contribution in [1.82, 2.24) is 19.7 Å². The third-order valence-electron chi connectivity index (χ3n) is 5.12. The van der Waals surface area contributed by atoms with E-state index in [1.807, 2.05) is 30.3 Å². The molecule has 4 rings (SSSR count). The van der Waals surface area contributed by atoms with Gasteiger partial charge in [0, 0.05) is 18.4 Å². The molecule has 8 heteroatoms. The molecule has 1 aliphatic heterocycles.